The van der Waals surface area contributed by atoms with Crippen molar-refractivity contribution in [1.29, 1.82) is 0 Å². The highest BCUT2D eigenvalue weighted by molar-refractivity contribution is 6.34. The molecule has 0 unspecified atom stereocenters. The van der Waals surface area contributed by atoms with Crippen molar-refractivity contribution in [3.63, 3.8) is 0 Å². The van der Waals surface area contributed by atoms with Gasteiger partial charge in [0.25, 0.3) is 0 Å². The molecule has 10 heteroatoms. The third-order valence-electron chi connectivity index (χ3n) is 6.51. The number of aromatic nitrogens is 1. The lowest BCUT2D eigenvalue weighted by molar-refractivity contribution is -0.133. The zero-order valence-electron chi connectivity index (χ0n) is 20.5. The number of anilines is 2. The average molecular weight is 536 g/mol. The number of rotatable bonds is 8. The van der Waals surface area contributed by atoms with Crippen LogP contribution in [0.2, 0.25) is 5.02 Å². The van der Waals surface area contributed by atoms with Crippen LogP contribution in [0.1, 0.15) is 12.8 Å². The number of hydrogen-bond acceptors (Lipinski definition) is 6. The standard InChI is InChI=1S/C28H23ClFN3O5/c1-36-24-14-19-21(15-25(24)37-2)32-12-9-23(19)38-18-7-8-22(20(29)13-18)33(17-5-3-16(30)4-6-17)27(35)28(10-11-28)26(31)34/h3-9,12-15H,10-11H2,1-2H3,(H2,31,34). The molecule has 1 aliphatic rings. The van der Waals surface area contributed by atoms with E-state index in [9.17, 15) is 14.0 Å². The molecule has 194 valence electrons. The molecule has 2 N–H and O–H groups in total. The van der Waals surface area contributed by atoms with E-state index in [0.29, 0.717) is 58.1 Å². The van der Waals surface area contributed by atoms with Crippen LogP contribution in [0.3, 0.4) is 0 Å². The van der Waals surface area contributed by atoms with E-state index in [1.807, 2.05) is 0 Å². The summed E-state index contributed by atoms with van der Waals surface area (Å²) in [4.78, 5) is 31.3. The molecule has 38 heavy (non-hydrogen) atoms. The summed E-state index contributed by atoms with van der Waals surface area (Å²) in [6, 6.07) is 15.3. The van der Waals surface area contributed by atoms with Gasteiger partial charge in [-0.25, -0.2) is 4.39 Å². The fraction of sp³-hybridized carbons (Fsp3) is 0.179. The second kappa shape index (κ2) is 9.83. The van der Waals surface area contributed by atoms with Crippen molar-refractivity contribution in [3.05, 3.63) is 77.7 Å². The number of pyridine rings is 1. The van der Waals surface area contributed by atoms with E-state index in [2.05, 4.69) is 4.98 Å². The Hall–Kier alpha value is -4.37. The zero-order chi connectivity index (χ0) is 27.0. The lowest BCUT2D eigenvalue weighted by atomic mass is 10.0. The molecule has 5 rings (SSSR count). The van der Waals surface area contributed by atoms with E-state index >= 15 is 0 Å². The molecule has 4 aromatic rings. The lowest BCUT2D eigenvalue weighted by Gasteiger charge is -2.27. The third kappa shape index (κ3) is 4.45. The van der Waals surface area contributed by atoms with Crippen LogP contribution in [0.25, 0.3) is 10.9 Å². The van der Waals surface area contributed by atoms with Crippen molar-refractivity contribution in [2.24, 2.45) is 11.1 Å². The largest absolute Gasteiger partial charge is 0.493 e. The highest BCUT2D eigenvalue weighted by Crippen LogP contribution is 2.50. The van der Waals surface area contributed by atoms with Gasteiger partial charge in [0, 0.05) is 29.4 Å². The summed E-state index contributed by atoms with van der Waals surface area (Å²) in [6.45, 7) is 0. The summed E-state index contributed by atoms with van der Waals surface area (Å²) in [6.07, 6.45) is 2.27. The molecule has 0 aliphatic heterocycles. The van der Waals surface area contributed by atoms with Gasteiger partial charge in [-0.05, 0) is 61.4 Å². The molecule has 3 aromatic carbocycles. The van der Waals surface area contributed by atoms with Gasteiger partial charge in [-0.2, -0.15) is 0 Å². The highest BCUT2D eigenvalue weighted by atomic mass is 35.5. The van der Waals surface area contributed by atoms with Gasteiger partial charge in [0.05, 0.1) is 30.4 Å². The Morgan fingerprint density at radius 2 is 1.66 bits per heavy atom. The summed E-state index contributed by atoms with van der Waals surface area (Å²) in [5.74, 6) is 0.247. The summed E-state index contributed by atoms with van der Waals surface area (Å²) in [7, 11) is 3.08. The highest BCUT2D eigenvalue weighted by Gasteiger charge is 2.57. The molecule has 1 heterocycles. The van der Waals surface area contributed by atoms with E-state index < -0.39 is 23.0 Å². The van der Waals surface area contributed by atoms with Crippen LogP contribution in [-0.2, 0) is 9.59 Å². The van der Waals surface area contributed by atoms with Crippen molar-refractivity contribution in [2.75, 3.05) is 19.1 Å². The Balaban J connectivity index is 1.52. The maximum atomic E-state index is 13.6. The van der Waals surface area contributed by atoms with E-state index in [4.69, 9.17) is 31.5 Å². The molecular formula is C28H23ClFN3O5. The van der Waals surface area contributed by atoms with Gasteiger partial charge in [0.1, 0.15) is 22.7 Å². The molecule has 2 amide bonds. The third-order valence-corrected chi connectivity index (χ3v) is 6.82. The van der Waals surface area contributed by atoms with E-state index in [1.165, 1.54) is 36.3 Å². The van der Waals surface area contributed by atoms with Crippen LogP contribution in [0.5, 0.6) is 23.0 Å². The molecular weight excluding hydrogens is 513 g/mol. The molecule has 0 atom stereocenters. The quantitative estimate of drug-likeness (QED) is 0.287. The summed E-state index contributed by atoms with van der Waals surface area (Å²) >= 11 is 6.66. The monoisotopic (exact) mass is 535 g/mol. The van der Waals surface area contributed by atoms with Crippen LogP contribution in [0.4, 0.5) is 15.8 Å². The fourth-order valence-electron chi connectivity index (χ4n) is 4.26. The number of carbonyl (C=O) groups is 2. The second-order valence-electron chi connectivity index (χ2n) is 8.81. The van der Waals surface area contributed by atoms with Gasteiger partial charge < -0.3 is 19.9 Å². The molecule has 1 aromatic heterocycles. The molecule has 0 radical (unpaired) electrons. The second-order valence-corrected chi connectivity index (χ2v) is 9.22. The van der Waals surface area contributed by atoms with Gasteiger partial charge in [-0.15, -0.1) is 0 Å². The van der Waals surface area contributed by atoms with Crippen molar-refractivity contribution in [3.8, 4) is 23.0 Å². The topological polar surface area (TPSA) is 104 Å². The Labute approximate surface area is 222 Å². The average Bonchev–Trinajstić information content (AvgIpc) is 3.73. The van der Waals surface area contributed by atoms with Crippen LogP contribution < -0.4 is 24.8 Å². The number of nitrogens with zero attached hydrogens (tertiary/aromatic N) is 2. The van der Waals surface area contributed by atoms with Crippen LogP contribution >= 0.6 is 11.6 Å². The van der Waals surface area contributed by atoms with Gasteiger partial charge in [-0.1, -0.05) is 11.6 Å². The number of benzene rings is 3. The molecule has 1 fully saturated rings. The summed E-state index contributed by atoms with van der Waals surface area (Å²) < 4.78 is 30.5. The van der Waals surface area contributed by atoms with E-state index in [1.54, 1.807) is 49.7 Å². The smallest absolute Gasteiger partial charge is 0.247 e. The maximum Gasteiger partial charge on any atom is 0.247 e. The number of halogens is 2. The van der Waals surface area contributed by atoms with Crippen molar-refractivity contribution in [2.45, 2.75) is 12.8 Å². The number of amides is 2. The van der Waals surface area contributed by atoms with E-state index in [0.717, 1.165) is 0 Å². The number of ether oxygens (including phenoxy) is 3. The van der Waals surface area contributed by atoms with Crippen molar-refractivity contribution < 1.29 is 28.2 Å². The molecule has 8 nitrogen and oxygen atoms in total. The number of fused-ring (bicyclic) bond motifs is 1. The molecule has 0 spiro atoms. The number of nitrogens with two attached hydrogens (primary N) is 1. The fourth-order valence-corrected chi connectivity index (χ4v) is 4.51. The number of carbonyl (C=O) groups excluding carboxylic acids is 2. The lowest BCUT2D eigenvalue weighted by Crippen LogP contribution is -2.41. The first-order chi connectivity index (χ1) is 18.3. The molecule has 1 aliphatic carbocycles. The summed E-state index contributed by atoms with van der Waals surface area (Å²) in [5, 5.41) is 0.864. The minimum Gasteiger partial charge on any atom is -0.493 e. The number of hydrogen-bond donors (Lipinski definition) is 1. The van der Waals surface area contributed by atoms with Gasteiger partial charge >= 0.3 is 0 Å². The number of primary amides is 1. The normalized spacial score (nSPS) is 13.6. The maximum absolute atomic E-state index is 13.6. The first-order valence-electron chi connectivity index (χ1n) is 11.7. The minimum atomic E-state index is -1.32. The molecule has 0 bridgehead atoms. The summed E-state index contributed by atoms with van der Waals surface area (Å²) in [5.41, 5.74) is 5.53. The predicted molar refractivity (Wildman–Crippen MR) is 141 cm³/mol. The first-order valence-corrected chi connectivity index (χ1v) is 12.0. The van der Waals surface area contributed by atoms with Gasteiger partial charge in [-0.3, -0.25) is 19.5 Å². The van der Waals surface area contributed by atoms with Gasteiger partial charge in [0.15, 0.2) is 11.5 Å². The minimum absolute atomic E-state index is 0.179. The SMILES string of the molecule is COc1cc2nccc(Oc3ccc(N(C(=O)C4(C(N)=O)CC4)c4ccc(F)cc4)c(Cl)c3)c2cc1OC. The van der Waals surface area contributed by atoms with Crippen LogP contribution in [0.15, 0.2) is 66.9 Å². The predicted octanol–water partition coefficient (Wildman–Crippen LogP) is 5.77. The Kier molecular flexibility index (Phi) is 6.54. The van der Waals surface area contributed by atoms with Crippen LogP contribution in [0, 0.1) is 11.2 Å². The van der Waals surface area contributed by atoms with Crippen molar-refractivity contribution >= 4 is 45.7 Å². The number of methoxy groups -OCH3 is 2. The zero-order valence-corrected chi connectivity index (χ0v) is 21.3. The van der Waals surface area contributed by atoms with Gasteiger partial charge in [0.2, 0.25) is 11.8 Å². The van der Waals surface area contributed by atoms with Crippen LogP contribution in [-0.4, -0.2) is 31.0 Å². The Morgan fingerprint density at radius 3 is 2.26 bits per heavy atom. The molecule has 0 saturated heterocycles. The first kappa shape index (κ1) is 25.3. The molecule has 1 saturated carbocycles. The Morgan fingerprint density at radius 1 is 0.974 bits per heavy atom. The van der Waals surface area contributed by atoms with E-state index in [-0.39, 0.29) is 5.02 Å². The Bertz CT molecular complexity index is 1560. The van der Waals surface area contributed by atoms with Crippen molar-refractivity contribution in [1.82, 2.24) is 4.98 Å².